The van der Waals surface area contributed by atoms with Crippen molar-refractivity contribution in [2.75, 3.05) is 5.32 Å². The third kappa shape index (κ3) is 2.90. The van der Waals surface area contributed by atoms with Gasteiger partial charge in [-0.1, -0.05) is 44.3 Å². The molecule has 0 spiro atoms. The average molecular weight is 407 g/mol. The van der Waals surface area contributed by atoms with Crippen LogP contribution in [0.4, 0.5) is 5.82 Å². The number of nitrogens with zero attached hydrogens (tertiary/aromatic N) is 4. The highest BCUT2D eigenvalue weighted by Crippen LogP contribution is 2.35. The van der Waals surface area contributed by atoms with Gasteiger partial charge in [-0.15, -0.1) is 0 Å². The Morgan fingerprint density at radius 3 is 2.52 bits per heavy atom. The van der Waals surface area contributed by atoms with E-state index >= 15 is 0 Å². The van der Waals surface area contributed by atoms with Crippen molar-refractivity contribution in [1.82, 2.24) is 19.8 Å². The summed E-state index contributed by atoms with van der Waals surface area (Å²) in [5, 5.41) is 12.4. The topological polar surface area (TPSA) is 95.2 Å². The predicted octanol–water partition coefficient (Wildman–Crippen LogP) is 3.82. The lowest BCUT2D eigenvalue weighted by Crippen LogP contribution is -2.16. The first-order valence-electron chi connectivity index (χ1n) is 9.60. The lowest BCUT2D eigenvalue weighted by atomic mass is 10.1. The number of hydrogen-bond acceptors (Lipinski definition) is 6. The van der Waals surface area contributed by atoms with E-state index in [2.05, 4.69) is 20.6 Å². The van der Waals surface area contributed by atoms with Crippen LogP contribution in [-0.2, 0) is 14.4 Å². The molecule has 1 aliphatic rings. The number of benzene rings is 2. The lowest BCUT2D eigenvalue weighted by Gasteiger charge is -2.17. The molecule has 1 aliphatic carbocycles. The van der Waals surface area contributed by atoms with Crippen molar-refractivity contribution in [1.29, 1.82) is 0 Å². The van der Waals surface area contributed by atoms with E-state index in [1.807, 2.05) is 57.2 Å². The third-order valence-corrected chi connectivity index (χ3v) is 7.22. The molecule has 1 atom stereocenters. The van der Waals surface area contributed by atoms with Crippen LogP contribution in [0.2, 0.25) is 0 Å². The van der Waals surface area contributed by atoms with Crippen LogP contribution in [0, 0.1) is 20.8 Å². The van der Waals surface area contributed by atoms with Crippen molar-refractivity contribution in [2.24, 2.45) is 0 Å². The smallest absolute Gasteiger partial charge is 0.317 e. The lowest BCUT2D eigenvalue weighted by molar-refractivity contribution is 0.474. The number of nitrogens with one attached hydrogen (secondary N) is 1. The van der Waals surface area contributed by atoms with Gasteiger partial charge in [0.25, 0.3) is 0 Å². The highest BCUT2D eigenvalue weighted by atomic mass is 32.3. The number of sulfone groups is 1. The highest BCUT2D eigenvalue weighted by molar-refractivity contribution is 7.97. The van der Waals surface area contributed by atoms with Gasteiger partial charge in [0.05, 0.1) is 5.52 Å². The maximum atomic E-state index is 13.6. The molecular weight excluding hydrogens is 386 g/mol. The molecule has 4 aromatic rings. The molecule has 0 amide bonds. The van der Waals surface area contributed by atoms with E-state index in [-0.39, 0.29) is 15.6 Å². The number of rotatable bonds is 4. The van der Waals surface area contributed by atoms with Crippen LogP contribution >= 0.6 is 0 Å². The second kappa shape index (κ2) is 6.33. The molecule has 0 aliphatic heterocycles. The Bertz CT molecular complexity index is 1300. The first-order chi connectivity index (χ1) is 13.9. The standard InChI is InChI=1S/C21H21N5O2S/c1-12-10-13(2)18(14(3)11-12)29(27,28)21-20-23-19(22-15-8-9-15)16-6-4-5-7-17(16)26(20)25-24-21/h4-7,10-11,15H,8-9H2,1-3H3,(H-,22,23,27,28). The minimum Gasteiger partial charge on any atom is -0.604 e. The molecule has 2 heterocycles. The third-order valence-electron chi connectivity index (χ3n) is 5.27. The second-order valence-corrected chi connectivity index (χ2v) is 9.56. The zero-order chi connectivity index (χ0) is 20.3. The minimum absolute atomic E-state index is 0.114. The summed E-state index contributed by atoms with van der Waals surface area (Å²) in [5.41, 5.74) is 3.42. The second-order valence-electron chi connectivity index (χ2n) is 7.76. The van der Waals surface area contributed by atoms with Gasteiger partial charge in [0.2, 0.25) is 5.65 Å². The van der Waals surface area contributed by atoms with Gasteiger partial charge in [-0.3, -0.25) is 0 Å². The molecule has 5 rings (SSSR count). The molecule has 1 saturated carbocycles. The van der Waals surface area contributed by atoms with E-state index in [1.165, 1.54) is 4.52 Å². The fraction of sp³-hybridized carbons (Fsp3) is 0.286. The first-order valence-corrected chi connectivity index (χ1v) is 11.1. The Hall–Kier alpha value is -2.84. The van der Waals surface area contributed by atoms with Crippen LogP contribution < -0.4 is 5.32 Å². The molecule has 0 bridgehead atoms. The van der Waals surface area contributed by atoms with Crippen LogP contribution in [0.25, 0.3) is 16.6 Å². The molecule has 148 valence electrons. The van der Waals surface area contributed by atoms with Gasteiger partial charge in [0.15, 0.2) is 4.90 Å². The Morgan fingerprint density at radius 1 is 1.14 bits per heavy atom. The van der Waals surface area contributed by atoms with E-state index in [4.69, 9.17) is 0 Å². The van der Waals surface area contributed by atoms with E-state index in [1.54, 1.807) is 0 Å². The highest BCUT2D eigenvalue weighted by Gasteiger charge is 2.35. The summed E-state index contributed by atoms with van der Waals surface area (Å²) < 4.78 is 28.6. The summed E-state index contributed by atoms with van der Waals surface area (Å²) in [4.78, 5) is 4.93. The Morgan fingerprint density at radius 2 is 1.83 bits per heavy atom. The van der Waals surface area contributed by atoms with Crippen molar-refractivity contribution < 1.29 is 8.76 Å². The predicted molar refractivity (Wildman–Crippen MR) is 111 cm³/mol. The molecule has 1 fully saturated rings. The number of para-hydroxylation sites is 1. The van der Waals surface area contributed by atoms with E-state index in [0.717, 1.165) is 29.3 Å². The van der Waals surface area contributed by atoms with Crippen molar-refractivity contribution in [3.8, 4) is 0 Å². The van der Waals surface area contributed by atoms with E-state index in [0.29, 0.717) is 23.0 Å². The van der Waals surface area contributed by atoms with Gasteiger partial charge in [-0.2, -0.15) is 4.52 Å². The molecule has 1 unspecified atom stereocenters. The summed E-state index contributed by atoms with van der Waals surface area (Å²) in [6.45, 7) is 5.57. The maximum absolute atomic E-state index is 13.6. The van der Waals surface area contributed by atoms with Crippen LogP contribution in [-0.4, -0.2) is 30.4 Å². The maximum Gasteiger partial charge on any atom is 0.317 e. The van der Waals surface area contributed by atoms with Crippen LogP contribution in [0.15, 0.2) is 46.3 Å². The van der Waals surface area contributed by atoms with Gasteiger partial charge in [0, 0.05) is 22.6 Å². The number of hydrogen-bond donors (Lipinski definition) is 1. The molecule has 1 N–H and O–H groups in total. The number of fused-ring (bicyclic) bond motifs is 3. The Balaban J connectivity index is 1.78. The summed E-state index contributed by atoms with van der Waals surface area (Å²) in [7, 11) is -3.88. The average Bonchev–Trinajstić information content (AvgIpc) is 3.36. The van der Waals surface area contributed by atoms with Crippen molar-refractivity contribution in [3.05, 3.63) is 53.1 Å². The fourth-order valence-corrected chi connectivity index (χ4v) is 5.61. The molecule has 29 heavy (non-hydrogen) atoms. The quantitative estimate of drug-likeness (QED) is 0.517. The monoisotopic (exact) mass is 407 g/mol. The molecule has 0 radical (unpaired) electrons. The normalized spacial score (nSPS) is 16.3. The summed E-state index contributed by atoms with van der Waals surface area (Å²) in [6, 6.07) is 11.8. The van der Waals surface area contributed by atoms with Crippen molar-refractivity contribution in [2.45, 2.75) is 49.6 Å². The van der Waals surface area contributed by atoms with Crippen molar-refractivity contribution in [3.63, 3.8) is 0 Å². The fourth-order valence-electron chi connectivity index (χ4n) is 3.94. The number of aryl methyl sites for hydroxylation is 3. The SMILES string of the molecule is Cc1cc(C)c([S+](=O)([O-])c2nnn3c2nc(NC2CC2)c2ccccc23)c(C)c1. The number of anilines is 1. The first kappa shape index (κ1) is 18.2. The summed E-state index contributed by atoms with van der Waals surface area (Å²) >= 11 is 0. The molecule has 7 nitrogen and oxygen atoms in total. The van der Waals surface area contributed by atoms with Gasteiger partial charge in [-0.05, 0) is 45.7 Å². The van der Waals surface area contributed by atoms with E-state index in [9.17, 15) is 8.76 Å². The van der Waals surface area contributed by atoms with E-state index < -0.39 is 10.2 Å². The van der Waals surface area contributed by atoms with Crippen molar-refractivity contribution >= 4 is 32.6 Å². The van der Waals surface area contributed by atoms with Gasteiger partial charge in [0.1, 0.15) is 16.0 Å². The number of aromatic nitrogens is 4. The summed E-state index contributed by atoms with van der Waals surface area (Å²) in [6.07, 6.45) is 2.18. The van der Waals surface area contributed by atoms with Gasteiger partial charge >= 0.3 is 5.03 Å². The molecular formula is C21H21N5O2S. The minimum atomic E-state index is -3.88. The zero-order valence-electron chi connectivity index (χ0n) is 16.5. The van der Waals surface area contributed by atoms with Crippen LogP contribution in [0.3, 0.4) is 0 Å². The van der Waals surface area contributed by atoms with Crippen LogP contribution in [0.1, 0.15) is 29.5 Å². The molecule has 0 saturated heterocycles. The Kier molecular flexibility index (Phi) is 3.97. The molecule has 2 aromatic carbocycles. The Labute approximate surface area is 169 Å². The van der Waals surface area contributed by atoms with Gasteiger partial charge in [-0.25, -0.2) is 4.98 Å². The summed E-state index contributed by atoms with van der Waals surface area (Å²) in [5.74, 6) is 0.673. The zero-order valence-corrected chi connectivity index (χ0v) is 17.3. The van der Waals surface area contributed by atoms with Gasteiger partial charge < -0.3 is 9.87 Å². The molecule has 2 aromatic heterocycles. The molecule has 8 heteroatoms. The van der Waals surface area contributed by atoms with Crippen LogP contribution in [0.5, 0.6) is 0 Å². The largest absolute Gasteiger partial charge is 0.604 e.